The second-order valence-corrected chi connectivity index (χ2v) is 10.5. The molecule has 1 N–H and O–H groups in total. The summed E-state index contributed by atoms with van der Waals surface area (Å²) in [5, 5.41) is 9.30. The SMILES string of the molecule is CN(C)CCNC(=O)C1(C)C(=O)n2nc(-c3cccs3)cc2C(=O)N1C1CCCc2ccccc21. The Morgan fingerprint density at radius 3 is 2.77 bits per heavy atom. The van der Waals surface area contributed by atoms with Crippen LogP contribution in [0, 0.1) is 0 Å². The first-order chi connectivity index (χ1) is 16.8. The second-order valence-electron chi connectivity index (χ2n) is 9.52. The number of hydrogen-bond donors (Lipinski definition) is 1. The minimum atomic E-state index is -1.73. The van der Waals surface area contributed by atoms with Gasteiger partial charge in [-0.3, -0.25) is 14.4 Å². The van der Waals surface area contributed by atoms with Gasteiger partial charge in [0.05, 0.1) is 10.9 Å². The highest BCUT2D eigenvalue weighted by atomic mass is 32.1. The molecule has 0 bridgehead atoms. The highest BCUT2D eigenvalue weighted by Gasteiger charge is 2.57. The Morgan fingerprint density at radius 2 is 2.03 bits per heavy atom. The van der Waals surface area contributed by atoms with Crippen LogP contribution in [0.1, 0.15) is 52.2 Å². The van der Waals surface area contributed by atoms with E-state index in [1.807, 2.05) is 54.7 Å². The maximum atomic E-state index is 14.1. The summed E-state index contributed by atoms with van der Waals surface area (Å²) < 4.78 is 1.13. The molecule has 182 valence electrons. The molecule has 8 nitrogen and oxygen atoms in total. The Hall–Kier alpha value is -3.30. The van der Waals surface area contributed by atoms with Crippen LogP contribution in [0.5, 0.6) is 0 Å². The van der Waals surface area contributed by atoms with Crippen molar-refractivity contribution < 1.29 is 14.4 Å². The molecule has 2 aliphatic rings. The van der Waals surface area contributed by atoms with Crippen molar-refractivity contribution in [1.82, 2.24) is 24.9 Å². The largest absolute Gasteiger partial charge is 0.352 e. The lowest BCUT2D eigenvalue weighted by Gasteiger charge is -2.47. The van der Waals surface area contributed by atoms with Crippen molar-refractivity contribution in [3.8, 4) is 10.6 Å². The topological polar surface area (TPSA) is 87.5 Å². The van der Waals surface area contributed by atoms with E-state index in [-0.39, 0.29) is 17.6 Å². The van der Waals surface area contributed by atoms with E-state index in [9.17, 15) is 14.4 Å². The lowest BCUT2D eigenvalue weighted by Crippen LogP contribution is -2.69. The van der Waals surface area contributed by atoms with E-state index >= 15 is 0 Å². The third kappa shape index (κ3) is 3.88. The summed E-state index contributed by atoms with van der Waals surface area (Å²) in [5.74, 6) is -1.35. The Morgan fingerprint density at radius 1 is 1.23 bits per heavy atom. The second kappa shape index (κ2) is 9.05. The van der Waals surface area contributed by atoms with Gasteiger partial charge in [-0.25, -0.2) is 0 Å². The summed E-state index contributed by atoms with van der Waals surface area (Å²) in [6.07, 6.45) is 2.47. The standard InChI is InChI=1S/C26H29N5O3S/c1-26(24(33)27-13-14-29(2)3)25(34)31-21(16-19(28-31)22-12-7-15-35-22)23(32)30(26)20-11-6-9-17-8-4-5-10-18(17)20/h4-5,7-8,10,12,15-16,20H,6,9,11,13-14H2,1-3H3,(H,27,33). The molecule has 5 rings (SSSR count). The number of hydrogen-bond acceptors (Lipinski definition) is 6. The quantitative estimate of drug-likeness (QED) is 0.535. The van der Waals surface area contributed by atoms with Crippen LogP contribution in [0.3, 0.4) is 0 Å². The van der Waals surface area contributed by atoms with Gasteiger partial charge in [0.2, 0.25) is 5.54 Å². The van der Waals surface area contributed by atoms with E-state index in [1.165, 1.54) is 16.2 Å². The van der Waals surface area contributed by atoms with Crippen LogP contribution < -0.4 is 5.32 Å². The van der Waals surface area contributed by atoms with Gasteiger partial charge >= 0.3 is 0 Å². The lowest BCUT2D eigenvalue weighted by atomic mass is 9.82. The zero-order chi connectivity index (χ0) is 24.7. The predicted octanol–water partition coefficient (Wildman–Crippen LogP) is 3.22. The van der Waals surface area contributed by atoms with Crippen molar-refractivity contribution in [1.29, 1.82) is 0 Å². The smallest absolute Gasteiger partial charge is 0.283 e. The van der Waals surface area contributed by atoms with Gasteiger partial charge in [-0.15, -0.1) is 11.3 Å². The van der Waals surface area contributed by atoms with Crippen LogP contribution in [0.25, 0.3) is 10.6 Å². The van der Waals surface area contributed by atoms with Crippen LogP contribution in [0.15, 0.2) is 47.8 Å². The molecule has 0 spiro atoms. The average molecular weight is 492 g/mol. The number of carbonyl (C=O) groups is 3. The molecule has 9 heteroatoms. The lowest BCUT2D eigenvalue weighted by molar-refractivity contribution is -0.130. The Kier molecular flexibility index (Phi) is 6.06. The summed E-state index contributed by atoms with van der Waals surface area (Å²) in [4.78, 5) is 46.1. The number of aryl methyl sites for hydroxylation is 1. The normalized spacial score (nSPS) is 21.7. The molecule has 0 saturated carbocycles. The summed E-state index contributed by atoms with van der Waals surface area (Å²) >= 11 is 1.49. The molecule has 35 heavy (non-hydrogen) atoms. The average Bonchev–Trinajstić information content (AvgIpc) is 3.53. The van der Waals surface area contributed by atoms with Crippen molar-refractivity contribution in [3.63, 3.8) is 0 Å². The van der Waals surface area contributed by atoms with Gasteiger partial charge in [0.25, 0.3) is 17.7 Å². The van der Waals surface area contributed by atoms with Gasteiger partial charge in [0.15, 0.2) is 0 Å². The number of nitrogens with one attached hydrogen (secondary N) is 1. The van der Waals surface area contributed by atoms with E-state index in [4.69, 9.17) is 0 Å². The number of fused-ring (bicyclic) bond motifs is 2. The molecule has 3 aromatic rings. The first-order valence-corrected chi connectivity index (χ1v) is 12.7. The van der Waals surface area contributed by atoms with E-state index in [0.717, 1.165) is 33.5 Å². The molecule has 0 saturated heterocycles. The summed E-state index contributed by atoms with van der Waals surface area (Å²) in [6.45, 7) is 2.54. The highest BCUT2D eigenvalue weighted by molar-refractivity contribution is 7.13. The van der Waals surface area contributed by atoms with Gasteiger partial charge in [-0.1, -0.05) is 30.3 Å². The fourth-order valence-corrected chi connectivity index (χ4v) is 5.77. The van der Waals surface area contributed by atoms with Gasteiger partial charge in [-0.2, -0.15) is 9.78 Å². The Bertz CT molecular complexity index is 1280. The predicted molar refractivity (Wildman–Crippen MR) is 134 cm³/mol. The molecule has 0 radical (unpaired) electrons. The number of amides is 2. The fourth-order valence-electron chi connectivity index (χ4n) is 5.09. The molecular weight excluding hydrogens is 462 g/mol. The third-order valence-electron chi connectivity index (χ3n) is 6.95. The number of aromatic nitrogens is 2. The zero-order valence-electron chi connectivity index (χ0n) is 20.2. The molecule has 1 aromatic carbocycles. The number of thiophene rings is 1. The summed E-state index contributed by atoms with van der Waals surface area (Å²) in [7, 11) is 3.83. The highest BCUT2D eigenvalue weighted by Crippen LogP contribution is 2.42. The first-order valence-electron chi connectivity index (χ1n) is 11.9. The molecule has 2 atom stereocenters. The molecular formula is C26H29N5O3S. The Labute approximate surface area is 208 Å². The number of likely N-dealkylation sites (N-methyl/N-ethyl adjacent to an activating group) is 1. The van der Waals surface area contributed by atoms with Gasteiger partial charge in [-0.05, 0) is 68.9 Å². The van der Waals surface area contributed by atoms with Crippen LogP contribution in [0.2, 0.25) is 0 Å². The van der Waals surface area contributed by atoms with Crippen molar-refractivity contribution in [3.05, 3.63) is 64.7 Å². The van der Waals surface area contributed by atoms with Crippen LogP contribution in [-0.2, 0) is 11.2 Å². The van der Waals surface area contributed by atoms with Crippen molar-refractivity contribution in [2.45, 2.75) is 37.8 Å². The number of nitrogens with zero attached hydrogens (tertiary/aromatic N) is 4. The number of benzene rings is 1. The van der Waals surface area contributed by atoms with Crippen molar-refractivity contribution >= 4 is 29.1 Å². The molecule has 2 unspecified atom stereocenters. The van der Waals surface area contributed by atoms with Gasteiger partial charge in [0, 0.05) is 13.1 Å². The molecule has 2 aromatic heterocycles. The van der Waals surface area contributed by atoms with Crippen molar-refractivity contribution in [2.24, 2.45) is 0 Å². The number of carbonyl (C=O) groups excluding carboxylic acids is 3. The minimum absolute atomic E-state index is 0.194. The number of rotatable bonds is 6. The minimum Gasteiger partial charge on any atom is -0.352 e. The molecule has 1 aliphatic heterocycles. The summed E-state index contributed by atoms with van der Waals surface area (Å²) in [5.41, 5.74) is 1.17. The van der Waals surface area contributed by atoms with E-state index in [1.54, 1.807) is 13.0 Å². The van der Waals surface area contributed by atoms with Crippen LogP contribution >= 0.6 is 11.3 Å². The van der Waals surface area contributed by atoms with Crippen LogP contribution in [-0.4, -0.2) is 70.0 Å². The fraction of sp³-hybridized carbons (Fsp3) is 0.385. The molecule has 3 heterocycles. The van der Waals surface area contributed by atoms with E-state index < -0.39 is 17.4 Å². The van der Waals surface area contributed by atoms with Gasteiger partial charge < -0.3 is 15.1 Å². The maximum absolute atomic E-state index is 14.1. The third-order valence-corrected chi connectivity index (χ3v) is 7.84. The van der Waals surface area contributed by atoms with E-state index in [2.05, 4.69) is 16.5 Å². The van der Waals surface area contributed by atoms with Crippen molar-refractivity contribution in [2.75, 3.05) is 27.2 Å². The molecule has 0 fully saturated rings. The van der Waals surface area contributed by atoms with Crippen LogP contribution in [0.4, 0.5) is 0 Å². The Balaban J connectivity index is 1.62. The van der Waals surface area contributed by atoms with E-state index in [0.29, 0.717) is 25.2 Å². The zero-order valence-corrected chi connectivity index (χ0v) is 21.0. The maximum Gasteiger partial charge on any atom is 0.283 e. The molecule has 1 aliphatic carbocycles. The first kappa shape index (κ1) is 23.4. The summed E-state index contributed by atoms with van der Waals surface area (Å²) in [6, 6.07) is 13.1. The van der Waals surface area contributed by atoms with Gasteiger partial charge in [0.1, 0.15) is 11.4 Å². The monoisotopic (exact) mass is 491 g/mol. The molecule has 2 amide bonds.